The fraction of sp³-hybridized carbons (Fsp3) is 0.400. The SMILES string of the molecule is CCN1CCN(c2nc3ccccn3c(=O)c2C=C2SC(=S)N(CC)C2=O)CC1. The van der Waals surface area contributed by atoms with Crippen molar-refractivity contribution in [3.05, 3.63) is 45.2 Å². The van der Waals surface area contributed by atoms with E-state index in [-0.39, 0.29) is 11.5 Å². The van der Waals surface area contributed by atoms with Crippen LogP contribution in [0.2, 0.25) is 0 Å². The molecule has 29 heavy (non-hydrogen) atoms. The second-order valence-electron chi connectivity index (χ2n) is 6.93. The van der Waals surface area contributed by atoms with Crippen molar-refractivity contribution in [1.29, 1.82) is 0 Å². The van der Waals surface area contributed by atoms with Crippen molar-refractivity contribution >= 4 is 51.7 Å². The molecule has 0 atom stereocenters. The Labute approximate surface area is 179 Å². The molecule has 2 saturated heterocycles. The van der Waals surface area contributed by atoms with Gasteiger partial charge in [0.1, 0.15) is 15.8 Å². The molecule has 152 valence electrons. The van der Waals surface area contributed by atoms with Gasteiger partial charge in [-0.05, 0) is 31.7 Å². The van der Waals surface area contributed by atoms with E-state index in [0.29, 0.717) is 32.8 Å². The van der Waals surface area contributed by atoms with Gasteiger partial charge >= 0.3 is 0 Å². The Bertz CT molecular complexity index is 1060. The molecule has 4 rings (SSSR count). The third-order valence-electron chi connectivity index (χ3n) is 5.33. The van der Waals surface area contributed by atoms with Gasteiger partial charge in [-0.3, -0.25) is 18.9 Å². The molecule has 0 spiro atoms. The molecule has 0 aliphatic carbocycles. The number of aromatic nitrogens is 2. The van der Waals surface area contributed by atoms with Gasteiger partial charge in [0.2, 0.25) is 0 Å². The fourth-order valence-corrected chi connectivity index (χ4v) is 5.00. The highest BCUT2D eigenvalue weighted by molar-refractivity contribution is 8.26. The number of amides is 1. The van der Waals surface area contributed by atoms with E-state index in [2.05, 4.69) is 16.7 Å². The first-order valence-corrected chi connectivity index (χ1v) is 11.0. The van der Waals surface area contributed by atoms with Crippen LogP contribution in [0, 0.1) is 0 Å². The zero-order valence-corrected chi connectivity index (χ0v) is 18.1. The molecule has 7 nitrogen and oxygen atoms in total. The highest BCUT2D eigenvalue weighted by Gasteiger charge is 2.32. The number of pyridine rings is 1. The molecule has 4 heterocycles. The van der Waals surface area contributed by atoms with Crippen LogP contribution in [0.25, 0.3) is 11.7 Å². The molecule has 2 fully saturated rings. The smallest absolute Gasteiger partial charge is 0.267 e. The second-order valence-corrected chi connectivity index (χ2v) is 8.61. The number of carbonyl (C=O) groups is 1. The molecule has 0 radical (unpaired) electrons. The lowest BCUT2D eigenvalue weighted by Crippen LogP contribution is -2.47. The van der Waals surface area contributed by atoms with Crippen molar-refractivity contribution in [2.24, 2.45) is 0 Å². The summed E-state index contributed by atoms with van der Waals surface area (Å²) in [5.74, 6) is 0.487. The van der Waals surface area contributed by atoms with E-state index in [0.717, 1.165) is 32.7 Å². The Morgan fingerprint density at radius 2 is 1.90 bits per heavy atom. The van der Waals surface area contributed by atoms with E-state index in [1.165, 1.54) is 16.2 Å². The van der Waals surface area contributed by atoms with Crippen molar-refractivity contribution in [2.45, 2.75) is 13.8 Å². The molecule has 0 N–H and O–H groups in total. The van der Waals surface area contributed by atoms with E-state index in [1.807, 2.05) is 19.1 Å². The van der Waals surface area contributed by atoms with Crippen molar-refractivity contribution in [3.63, 3.8) is 0 Å². The third kappa shape index (κ3) is 3.70. The summed E-state index contributed by atoms with van der Waals surface area (Å²) in [6.07, 6.45) is 3.38. The zero-order chi connectivity index (χ0) is 20.5. The van der Waals surface area contributed by atoms with Crippen LogP contribution >= 0.6 is 24.0 Å². The van der Waals surface area contributed by atoms with Crippen LogP contribution in [0.3, 0.4) is 0 Å². The van der Waals surface area contributed by atoms with Crippen molar-refractivity contribution in [2.75, 3.05) is 44.2 Å². The monoisotopic (exact) mass is 429 g/mol. The van der Waals surface area contributed by atoms with Crippen LogP contribution in [-0.4, -0.2) is 68.7 Å². The minimum Gasteiger partial charge on any atom is -0.353 e. The van der Waals surface area contributed by atoms with Gasteiger partial charge in [-0.25, -0.2) is 4.98 Å². The van der Waals surface area contributed by atoms with E-state index in [4.69, 9.17) is 17.2 Å². The summed E-state index contributed by atoms with van der Waals surface area (Å²) in [5, 5.41) is 0. The van der Waals surface area contributed by atoms with E-state index >= 15 is 0 Å². The van der Waals surface area contributed by atoms with Gasteiger partial charge in [-0.1, -0.05) is 37.0 Å². The largest absolute Gasteiger partial charge is 0.353 e. The summed E-state index contributed by atoms with van der Waals surface area (Å²) < 4.78 is 2.05. The molecule has 2 aliphatic rings. The van der Waals surface area contributed by atoms with Crippen LogP contribution in [0.5, 0.6) is 0 Å². The Morgan fingerprint density at radius 3 is 2.55 bits per heavy atom. The third-order valence-corrected chi connectivity index (χ3v) is 6.71. The quantitative estimate of drug-likeness (QED) is 0.545. The topological polar surface area (TPSA) is 61.2 Å². The Balaban J connectivity index is 1.83. The van der Waals surface area contributed by atoms with Gasteiger partial charge < -0.3 is 9.80 Å². The number of nitrogens with zero attached hydrogens (tertiary/aromatic N) is 5. The van der Waals surface area contributed by atoms with Gasteiger partial charge in [0.15, 0.2) is 0 Å². The van der Waals surface area contributed by atoms with Crippen molar-refractivity contribution in [3.8, 4) is 0 Å². The lowest BCUT2D eigenvalue weighted by Gasteiger charge is -2.35. The maximum atomic E-state index is 13.3. The fourth-order valence-electron chi connectivity index (χ4n) is 3.64. The molecule has 2 aromatic heterocycles. The Hall–Kier alpha value is -2.23. The number of rotatable bonds is 4. The molecule has 2 aromatic rings. The molecule has 0 bridgehead atoms. The van der Waals surface area contributed by atoms with Crippen LogP contribution < -0.4 is 10.5 Å². The first-order valence-electron chi connectivity index (χ1n) is 9.77. The average molecular weight is 430 g/mol. The van der Waals surface area contributed by atoms with Crippen molar-refractivity contribution < 1.29 is 4.79 Å². The van der Waals surface area contributed by atoms with E-state index in [9.17, 15) is 9.59 Å². The minimum atomic E-state index is -0.176. The highest BCUT2D eigenvalue weighted by atomic mass is 32.2. The Morgan fingerprint density at radius 1 is 1.14 bits per heavy atom. The first-order chi connectivity index (χ1) is 14.0. The summed E-state index contributed by atoms with van der Waals surface area (Å²) in [6, 6.07) is 5.50. The van der Waals surface area contributed by atoms with Gasteiger partial charge in [-0.15, -0.1) is 0 Å². The van der Waals surface area contributed by atoms with Gasteiger partial charge in [0, 0.05) is 38.9 Å². The normalized spacial score (nSPS) is 19.7. The molecule has 0 aromatic carbocycles. The number of piperazine rings is 1. The number of hydrogen-bond donors (Lipinski definition) is 0. The lowest BCUT2D eigenvalue weighted by atomic mass is 10.2. The van der Waals surface area contributed by atoms with Gasteiger partial charge in [-0.2, -0.15) is 0 Å². The van der Waals surface area contributed by atoms with Crippen LogP contribution in [-0.2, 0) is 4.79 Å². The molecular formula is C20H23N5O2S2. The summed E-state index contributed by atoms with van der Waals surface area (Å²) >= 11 is 6.56. The predicted octanol–water partition coefficient (Wildman–Crippen LogP) is 2.06. The lowest BCUT2D eigenvalue weighted by molar-refractivity contribution is -0.121. The number of hydrogen-bond acceptors (Lipinski definition) is 7. The maximum absolute atomic E-state index is 13.3. The van der Waals surface area contributed by atoms with E-state index in [1.54, 1.807) is 23.2 Å². The number of carbonyl (C=O) groups excluding carboxylic acids is 1. The second kappa shape index (κ2) is 8.25. The summed E-state index contributed by atoms with van der Waals surface area (Å²) in [5.41, 5.74) is 0.865. The number of thiocarbonyl (C=S) groups is 1. The number of fused-ring (bicyclic) bond motifs is 1. The van der Waals surface area contributed by atoms with Crippen LogP contribution in [0.1, 0.15) is 19.4 Å². The van der Waals surface area contributed by atoms with Crippen LogP contribution in [0.4, 0.5) is 5.82 Å². The summed E-state index contributed by atoms with van der Waals surface area (Å²) in [4.78, 5) is 37.3. The van der Waals surface area contributed by atoms with Crippen molar-refractivity contribution in [1.82, 2.24) is 19.2 Å². The number of anilines is 1. The molecule has 0 unspecified atom stereocenters. The standard InChI is InChI=1S/C20H23N5O2S2/c1-3-22-9-11-23(12-10-22)17-14(13-15-19(27)24(4-2)20(28)29-15)18(26)25-8-6-5-7-16(25)21-17/h5-8,13H,3-4,9-12H2,1-2H3. The van der Waals surface area contributed by atoms with Crippen LogP contribution in [0.15, 0.2) is 34.1 Å². The number of thioether (sulfide) groups is 1. The maximum Gasteiger partial charge on any atom is 0.267 e. The first kappa shape index (κ1) is 20.1. The predicted molar refractivity (Wildman–Crippen MR) is 121 cm³/mol. The van der Waals surface area contributed by atoms with E-state index < -0.39 is 0 Å². The highest BCUT2D eigenvalue weighted by Crippen LogP contribution is 2.33. The molecular weight excluding hydrogens is 406 g/mol. The van der Waals surface area contributed by atoms with Gasteiger partial charge in [0.05, 0.1) is 10.5 Å². The zero-order valence-electron chi connectivity index (χ0n) is 16.5. The molecule has 2 aliphatic heterocycles. The molecule has 9 heteroatoms. The Kier molecular flexibility index (Phi) is 5.71. The van der Waals surface area contributed by atoms with Gasteiger partial charge in [0.25, 0.3) is 11.5 Å². The minimum absolute atomic E-state index is 0.151. The molecule has 1 amide bonds. The molecule has 0 saturated carbocycles. The summed E-state index contributed by atoms with van der Waals surface area (Å²) in [6.45, 7) is 8.99. The average Bonchev–Trinajstić information content (AvgIpc) is 3.02. The number of likely N-dealkylation sites (N-methyl/N-ethyl adjacent to an activating group) is 2. The summed E-state index contributed by atoms with van der Waals surface area (Å²) in [7, 11) is 0.